The largest absolute Gasteiger partial charge is 0.395 e. The monoisotopic (exact) mass is 314 g/mol. The van der Waals surface area contributed by atoms with E-state index in [0.29, 0.717) is 6.54 Å². The minimum absolute atomic E-state index is 0.133. The van der Waals surface area contributed by atoms with E-state index in [0.717, 1.165) is 16.6 Å². The van der Waals surface area contributed by atoms with Crippen molar-refractivity contribution >= 4 is 39.2 Å². The van der Waals surface area contributed by atoms with Crippen molar-refractivity contribution in [2.24, 2.45) is 0 Å². The van der Waals surface area contributed by atoms with Gasteiger partial charge in [-0.1, -0.05) is 0 Å². The summed E-state index contributed by atoms with van der Waals surface area (Å²) in [4.78, 5) is 4.30. The fourth-order valence-corrected chi connectivity index (χ4v) is 1.94. The zero-order valence-electron chi connectivity index (χ0n) is 8.07. The molecule has 2 N–H and O–H groups in total. The Hall–Kier alpha value is -0.880. The molecule has 0 aliphatic carbocycles. The number of aromatic nitrogens is 1. The maximum absolute atomic E-state index is 8.76. The number of hydrogen-bond acceptors (Lipinski definition) is 3. The molecule has 0 saturated carbocycles. The van der Waals surface area contributed by atoms with Crippen LogP contribution in [0.4, 0.5) is 5.69 Å². The molecule has 0 bridgehead atoms. The van der Waals surface area contributed by atoms with Crippen LogP contribution < -0.4 is 5.32 Å². The van der Waals surface area contributed by atoms with Crippen molar-refractivity contribution < 1.29 is 5.11 Å². The first kappa shape index (κ1) is 10.6. The van der Waals surface area contributed by atoms with E-state index in [9.17, 15) is 0 Å². The van der Waals surface area contributed by atoms with Crippen LogP contribution in [0.25, 0.3) is 10.9 Å². The standard InChI is InChI=1S/C11H11IN2O/c12-8-1-2-9-10(14-5-6-15)3-4-13-11(9)7-8/h1-4,7,15H,5-6H2,(H,13,14). The normalized spacial score (nSPS) is 10.5. The fraction of sp³-hybridized carbons (Fsp3) is 0.182. The zero-order valence-corrected chi connectivity index (χ0v) is 10.2. The molecule has 78 valence electrons. The van der Waals surface area contributed by atoms with Gasteiger partial charge < -0.3 is 10.4 Å². The van der Waals surface area contributed by atoms with Gasteiger partial charge in [0.05, 0.1) is 12.1 Å². The van der Waals surface area contributed by atoms with Gasteiger partial charge in [-0.05, 0) is 46.9 Å². The molecule has 4 heteroatoms. The van der Waals surface area contributed by atoms with Gasteiger partial charge in [0.25, 0.3) is 0 Å². The van der Waals surface area contributed by atoms with E-state index < -0.39 is 0 Å². The first-order chi connectivity index (χ1) is 7.31. The smallest absolute Gasteiger partial charge is 0.0733 e. The quantitative estimate of drug-likeness (QED) is 0.854. The molecule has 0 spiro atoms. The van der Waals surface area contributed by atoms with E-state index in [-0.39, 0.29) is 6.61 Å². The molecule has 0 aliphatic rings. The van der Waals surface area contributed by atoms with Crippen LogP contribution in [0.3, 0.4) is 0 Å². The van der Waals surface area contributed by atoms with E-state index in [1.807, 2.05) is 18.2 Å². The first-order valence-electron chi connectivity index (χ1n) is 4.70. The van der Waals surface area contributed by atoms with Crippen molar-refractivity contribution in [2.75, 3.05) is 18.5 Å². The number of benzene rings is 1. The lowest BCUT2D eigenvalue weighted by atomic mass is 10.2. The van der Waals surface area contributed by atoms with Crippen molar-refractivity contribution in [1.29, 1.82) is 0 Å². The predicted molar refractivity (Wildman–Crippen MR) is 70.0 cm³/mol. The summed E-state index contributed by atoms with van der Waals surface area (Å²) in [6, 6.07) is 8.06. The first-order valence-corrected chi connectivity index (χ1v) is 5.78. The number of aliphatic hydroxyl groups is 1. The van der Waals surface area contributed by atoms with Gasteiger partial charge in [0.1, 0.15) is 0 Å². The molecule has 2 rings (SSSR count). The molecule has 2 aromatic rings. The Morgan fingerprint density at radius 3 is 3.00 bits per heavy atom. The van der Waals surface area contributed by atoms with Crippen LogP contribution in [-0.2, 0) is 0 Å². The highest BCUT2D eigenvalue weighted by Crippen LogP contribution is 2.22. The highest BCUT2D eigenvalue weighted by Gasteiger charge is 2.01. The summed E-state index contributed by atoms with van der Waals surface area (Å²) >= 11 is 2.27. The third-order valence-corrected chi connectivity index (χ3v) is 2.80. The summed E-state index contributed by atoms with van der Waals surface area (Å²) in [5, 5.41) is 13.0. The number of rotatable bonds is 3. The van der Waals surface area contributed by atoms with Crippen LogP contribution >= 0.6 is 22.6 Å². The third-order valence-electron chi connectivity index (χ3n) is 2.13. The number of halogens is 1. The molecule has 1 aromatic carbocycles. The second-order valence-corrected chi connectivity index (χ2v) is 4.42. The summed E-state index contributed by atoms with van der Waals surface area (Å²) in [5.41, 5.74) is 2.00. The average Bonchev–Trinajstić information content (AvgIpc) is 2.25. The van der Waals surface area contributed by atoms with Crippen molar-refractivity contribution in [3.05, 3.63) is 34.0 Å². The van der Waals surface area contributed by atoms with Gasteiger partial charge in [-0.2, -0.15) is 0 Å². The van der Waals surface area contributed by atoms with E-state index in [4.69, 9.17) is 5.11 Å². The van der Waals surface area contributed by atoms with E-state index >= 15 is 0 Å². The van der Waals surface area contributed by atoms with Gasteiger partial charge >= 0.3 is 0 Å². The molecule has 0 fully saturated rings. The Balaban J connectivity index is 2.46. The van der Waals surface area contributed by atoms with Gasteiger partial charge in [-0.15, -0.1) is 0 Å². The molecule has 0 amide bonds. The lowest BCUT2D eigenvalue weighted by Crippen LogP contribution is -2.05. The molecular formula is C11H11IN2O. The Labute approximate surface area is 102 Å². The molecule has 3 nitrogen and oxygen atoms in total. The van der Waals surface area contributed by atoms with Crippen molar-refractivity contribution in [3.63, 3.8) is 0 Å². The molecule has 0 unspecified atom stereocenters. The lowest BCUT2D eigenvalue weighted by molar-refractivity contribution is 0.311. The Kier molecular flexibility index (Phi) is 3.37. The van der Waals surface area contributed by atoms with Crippen molar-refractivity contribution in [2.45, 2.75) is 0 Å². The molecule has 0 atom stereocenters. The zero-order chi connectivity index (χ0) is 10.7. The minimum atomic E-state index is 0.133. The van der Waals surface area contributed by atoms with E-state index in [1.54, 1.807) is 6.20 Å². The Morgan fingerprint density at radius 1 is 1.33 bits per heavy atom. The summed E-state index contributed by atoms with van der Waals surface area (Å²) in [5.74, 6) is 0. The predicted octanol–water partition coefficient (Wildman–Crippen LogP) is 2.24. The summed E-state index contributed by atoms with van der Waals surface area (Å²) in [6.07, 6.45) is 1.78. The maximum Gasteiger partial charge on any atom is 0.0733 e. The lowest BCUT2D eigenvalue weighted by Gasteiger charge is -2.07. The highest BCUT2D eigenvalue weighted by molar-refractivity contribution is 14.1. The maximum atomic E-state index is 8.76. The van der Waals surface area contributed by atoms with E-state index in [2.05, 4.69) is 39.0 Å². The van der Waals surface area contributed by atoms with Crippen LogP contribution in [0.1, 0.15) is 0 Å². The molecule has 1 heterocycles. The van der Waals surface area contributed by atoms with Gasteiger partial charge in [0, 0.05) is 27.4 Å². The van der Waals surface area contributed by atoms with Gasteiger partial charge in [0.2, 0.25) is 0 Å². The number of fused-ring (bicyclic) bond motifs is 1. The Bertz CT molecular complexity index is 473. The number of hydrogen-bond donors (Lipinski definition) is 2. The van der Waals surface area contributed by atoms with Gasteiger partial charge in [-0.25, -0.2) is 0 Å². The average molecular weight is 314 g/mol. The molecular weight excluding hydrogens is 303 g/mol. The van der Waals surface area contributed by atoms with Gasteiger partial charge in [0.15, 0.2) is 0 Å². The highest BCUT2D eigenvalue weighted by atomic mass is 127. The van der Waals surface area contributed by atoms with E-state index in [1.165, 1.54) is 3.57 Å². The fourth-order valence-electron chi connectivity index (χ4n) is 1.47. The van der Waals surface area contributed by atoms with Crippen LogP contribution in [-0.4, -0.2) is 23.2 Å². The van der Waals surface area contributed by atoms with Crippen molar-refractivity contribution in [3.8, 4) is 0 Å². The molecule has 0 radical (unpaired) electrons. The second kappa shape index (κ2) is 4.76. The minimum Gasteiger partial charge on any atom is -0.395 e. The number of nitrogens with zero attached hydrogens (tertiary/aromatic N) is 1. The van der Waals surface area contributed by atoms with Crippen LogP contribution in [0.2, 0.25) is 0 Å². The van der Waals surface area contributed by atoms with Crippen LogP contribution in [0, 0.1) is 3.57 Å². The van der Waals surface area contributed by atoms with Crippen LogP contribution in [0.5, 0.6) is 0 Å². The van der Waals surface area contributed by atoms with Crippen LogP contribution in [0.15, 0.2) is 30.5 Å². The summed E-state index contributed by atoms with van der Waals surface area (Å²) in [6.45, 7) is 0.694. The number of anilines is 1. The SMILES string of the molecule is OCCNc1ccnc2cc(I)ccc12. The third kappa shape index (κ3) is 2.38. The molecule has 0 aliphatic heterocycles. The van der Waals surface area contributed by atoms with Gasteiger partial charge in [-0.3, -0.25) is 4.98 Å². The summed E-state index contributed by atoms with van der Waals surface area (Å²) in [7, 11) is 0. The Morgan fingerprint density at radius 2 is 2.20 bits per heavy atom. The number of aliphatic hydroxyl groups excluding tert-OH is 1. The topological polar surface area (TPSA) is 45.1 Å². The molecule has 1 aromatic heterocycles. The molecule has 15 heavy (non-hydrogen) atoms. The van der Waals surface area contributed by atoms with Crippen molar-refractivity contribution in [1.82, 2.24) is 4.98 Å². The number of pyridine rings is 1. The summed E-state index contributed by atoms with van der Waals surface area (Å²) < 4.78 is 1.17. The number of nitrogens with one attached hydrogen (secondary N) is 1. The molecule has 0 saturated heterocycles. The second-order valence-electron chi connectivity index (χ2n) is 3.17.